The Hall–Kier alpha value is -2.08. The number of carbonyl (C=O) groups excluding carboxylic acids is 1. The van der Waals surface area contributed by atoms with Gasteiger partial charge in [0.1, 0.15) is 5.75 Å². The maximum Gasteiger partial charge on any atom is 0.332 e. The molecule has 1 aromatic carbocycles. The van der Waals surface area contributed by atoms with E-state index in [4.69, 9.17) is 9.47 Å². The van der Waals surface area contributed by atoms with E-state index in [9.17, 15) is 14.7 Å². The largest absolute Gasteiger partial charge is 0.493 e. The van der Waals surface area contributed by atoms with E-state index in [1.54, 1.807) is 0 Å². The quantitative estimate of drug-likeness (QED) is 0.884. The predicted molar refractivity (Wildman–Crippen MR) is 82.5 cm³/mol. The van der Waals surface area contributed by atoms with Crippen molar-refractivity contribution in [3.05, 3.63) is 29.3 Å². The number of hydrogen-bond donors (Lipinski definition) is 1. The van der Waals surface area contributed by atoms with Gasteiger partial charge in [0.15, 0.2) is 5.54 Å². The van der Waals surface area contributed by atoms with Gasteiger partial charge < -0.3 is 19.5 Å². The maximum atomic E-state index is 12.7. The molecule has 0 spiro atoms. The highest BCUT2D eigenvalue weighted by atomic mass is 16.5. The zero-order chi connectivity index (χ0) is 16.4. The van der Waals surface area contributed by atoms with Gasteiger partial charge in [0.25, 0.3) is 0 Å². The van der Waals surface area contributed by atoms with Crippen LogP contribution in [0, 0.1) is 0 Å². The first-order chi connectivity index (χ1) is 11.1. The van der Waals surface area contributed by atoms with E-state index in [-0.39, 0.29) is 18.9 Å². The molecule has 0 aromatic heterocycles. The fourth-order valence-corrected chi connectivity index (χ4v) is 3.53. The van der Waals surface area contributed by atoms with Gasteiger partial charge in [-0.15, -0.1) is 0 Å². The molecule has 6 nitrogen and oxygen atoms in total. The van der Waals surface area contributed by atoms with Crippen molar-refractivity contribution in [3.8, 4) is 5.75 Å². The fourth-order valence-electron chi connectivity index (χ4n) is 3.53. The lowest BCUT2D eigenvalue weighted by molar-refractivity contribution is -0.160. The number of benzene rings is 1. The third-order valence-electron chi connectivity index (χ3n) is 4.68. The predicted octanol–water partition coefficient (Wildman–Crippen LogP) is 1.26. The molecule has 0 saturated carbocycles. The van der Waals surface area contributed by atoms with Crippen molar-refractivity contribution in [1.82, 2.24) is 4.90 Å². The van der Waals surface area contributed by atoms with Crippen LogP contribution >= 0.6 is 0 Å². The first-order valence-corrected chi connectivity index (χ1v) is 7.84. The van der Waals surface area contributed by atoms with Gasteiger partial charge in [0.05, 0.1) is 19.6 Å². The fraction of sp³-hybridized carbons (Fsp3) is 0.529. The van der Waals surface area contributed by atoms with Gasteiger partial charge in [-0.25, -0.2) is 4.79 Å². The number of hydrogen-bond acceptors (Lipinski definition) is 4. The van der Waals surface area contributed by atoms with Crippen LogP contribution < -0.4 is 4.74 Å². The highest BCUT2D eigenvalue weighted by Gasteiger charge is 2.50. The second-order valence-corrected chi connectivity index (χ2v) is 6.14. The molecule has 1 fully saturated rings. The van der Waals surface area contributed by atoms with E-state index in [2.05, 4.69) is 0 Å². The Labute approximate surface area is 135 Å². The van der Waals surface area contributed by atoms with E-state index < -0.39 is 11.5 Å². The molecule has 1 N–H and O–H groups in total. The monoisotopic (exact) mass is 319 g/mol. The molecule has 0 radical (unpaired) electrons. The Morgan fingerprint density at radius 2 is 2.26 bits per heavy atom. The average molecular weight is 319 g/mol. The van der Waals surface area contributed by atoms with E-state index >= 15 is 0 Å². The number of carbonyl (C=O) groups is 2. The second kappa shape index (κ2) is 6.20. The summed E-state index contributed by atoms with van der Waals surface area (Å²) in [6.07, 6.45) is 2.16. The number of rotatable bonds is 5. The number of nitrogens with zero attached hydrogens (tertiary/aromatic N) is 1. The smallest absolute Gasteiger partial charge is 0.332 e. The molecule has 23 heavy (non-hydrogen) atoms. The minimum Gasteiger partial charge on any atom is -0.493 e. The van der Waals surface area contributed by atoms with Gasteiger partial charge in [0, 0.05) is 20.1 Å². The molecule has 124 valence electrons. The summed E-state index contributed by atoms with van der Waals surface area (Å²) in [7, 11) is 1.46. The second-order valence-electron chi connectivity index (χ2n) is 6.14. The molecule has 1 saturated heterocycles. The standard InChI is InChI=1S/C17H21NO5/c1-22-11-17(16(20)21)6-2-7-18(17)15(19)10-12-3-4-14-13(9-12)5-8-23-14/h3-4,9H,2,5-8,10-11H2,1H3,(H,20,21). The number of carboxylic acid groups (broad SMARTS) is 1. The van der Waals surface area contributed by atoms with Crippen molar-refractivity contribution < 1.29 is 24.2 Å². The molecule has 0 aliphatic carbocycles. The molecule has 6 heteroatoms. The zero-order valence-electron chi connectivity index (χ0n) is 13.2. The number of amides is 1. The van der Waals surface area contributed by atoms with Crippen LogP contribution in [0.1, 0.15) is 24.0 Å². The number of fused-ring (bicyclic) bond motifs is 1. The Bertz CT molecular complexity index is 629. The van der Waals surface area contributed by atoms with Crippen molar-refractivity contribution in [3.63, 3.8) is 0 Å². The van der Waals surface area contributed by atoms with Gasteiger partial charge in [-0.3, -0.25) is 4.79 Å². The minimum atomic E-state index is -1.23. The molecule has 1 atom stereocenters. The lowest BCUT2D eigenvalue weighted by Crippen LogP contribution is -2.56. The average Bonchev–Trinajstić information content (AvgIpc) is 3.14. The number of methoxy groups -OCH3 is 1. The first-order valence-electron chi connectivity index (χ1n) is 7.84. The highest BCUT2D eigenvalue weighted by Crippen LogP contribution is 2.32. The molecule has 1 unspecified atom stereocenters. The summed E-state index contributed by atoms with van der Waals surface area (Å²) in [4.78, 5) is 25.9. The highest BCUT2D eigenvalue weighted by molar-refractivity contribution is 5.89. The normalized spacial score (nSPS) is 22.7. The summed E-state index contributed by atoms with van der Waals surface area (Å²) in [5.41, 5.74) is 0.770. The van der Waals surface area contributed by atoms with Gasteiger partial charge >= 0.3 is 5.97 Å². The molecule has 2 aliphatic rings. The van der Waals surface area contributed by atoms with E-state index in [0.717, 1.165) is 23.3 Å². The maximum absolute atomic E-state index is 12.7. The molecule has 3 rings (SSSR count). The first kappa shape index (κ1) is 15.8. The van der Waals surface area contributed by atoms with Crippen LogP contribution in [0.4, 0.5) is 0 Å². The zero-order valence-corrected chi connectivity index (χ0v) is 13.2. The summed E-state index contributed by atoms with van der Waals surface area (Å²) < 4.78 is 10.6. The number of aliphatic carboxylic acids is 1. The molecule has 0 bridgehead atoms. The molecule has 2 aliphatic heterocycles. The number of likely N-dealkylation sites (tertiary alicyclic amines) is 1. The van der Waals surface area contributed by atoms with Crippen LogP contribution in [-0.4, -0.2) is 54.3 Å². The molecular weight excluding hydrogens is 298 g/mol. The minimum absolute atomic E-state index is 0.0199. The summed E-state index contributed by atoms with van der Waals surface area (Å²) in [6.45, 7) is 1.16. The van der Waals surface area contributed by atoms with E-state index in [1.165, 1.54) is 12.0 Å². The summed E-state index contributed by atoms with van der Waals surface area (Å²) in [5, 5.41) is 9.62. The van der Waals surface area contributed by atoms with Gasteiger partial charge in [-0.1, -0.05) is 12.1 Å². The summed E-state index contributed by atoms with van der Waals surface area (Å²) in [5.74, 6) is -0.282. The van der Waals surface area contributed by atoms with Crippen LogP contribution in [-0.2, 0) is 27.2 Å². The van der Waals surface area contributed by atoms with E-state index in [0.29, 0.717) is 26.0 Å². The third-order valence-corrected chi connectivity index (χ3v) is 4.68. The molecule has 2 heterocycles. The summed E-state index contributed by atoms with van der Waals surface area (Å²) >= 11 is 0. The Balaban J connectivity index is 1.78. The van der Waals surface area contributed by atoms with Gasteiger partial charge in [0.2, 0.25) is 5.91 Å². The molecule has 1 amide bonds. The Kier molecular flexibility index (Phi) is 4.26. The van der Waals surface area contributed by atoms with Crippen molar-refractivity contribution in [2.24, 2.45) is 0 Å². The van der Waals surface area contributed by atoms with Crippen molar-refractivity contribution >= 4 is 11.9 Å². The number of carboxylic acids is 1. The SMILES string of the molecule is COCC1(C(=O)O)CCCN1C(=O)Cc1ccc2c(c1)CCO2. The van der Waals surface area contributed by atoms with Gasteiger partial charge in [-0.2, -0.15) is 0 Å². The molecular formula is C17H21NO5. The van der Waals surface area contributed by atoms with Crippen LogP contribution in [0.15, 0.2) is 18.2 Å². The number of ether oxygens (including phenoxy) is 2. The van der Waals surface area contributed by atoms with Crippen molar-refractivity contribution in [2.75, 3.05) is 26.9 Å². The lowest BCUT2D eigenvalue weighted by Gasteiger charge is -2.34. The Morgan fingerprint density at radius 3 is 3.00 bits per heavy atom. The lowest BCUT2D eigenvalue weighted by atomic mass is 9.96. The van der Waals surface area contributed by atoms with Crippen LogP contribution in [0.2, 0.25) is 0 Å². The molecule has 1 aromatic rings. The summed E-state index contributed by atoms with van der Waals surface area (Å²) in [6, 6.07) is 5.74. The third kappa shape index (κ3) is 2.79. The van der Waals surface area contributed by atoms with Crippen LogP contribution in [0.5, 0.6) is 5.75 Å². The topological polar surface area (TPSA) is 76.1 Å². The van der Waals surface area contributed by atoms with Crippen LogP contribution in [0.3, 0.4) is 0 Å². The van der Waals surface area contributed by atoms with E-state index in [1.807, 2.05) is 18.2 Å². The van der Waals surface area contributed by atoms with Gasteiger partial charge in [-0.05, 0) is 30.0 Å². The van der Waals surface area contributed by atoms with Crippen LogP contribution in [0.25, 0.3) is 0 Å². The Morgan fingerprint density at radius 1 is 1.43 bits per heavy atom. The van der Waals surface area contributed by atoms with Crippen molar-refractivity contribution in [2.45, 2.75) is 31.2 Å². The van der Waals surface area contributed by atoms with Crippen molar-refractivity contribution in [1.29, 1.82) is 0 Å².